The molecule has 1 aromatic rings. The number of thioether (sulfide) groups is 1. The predicted octanol–water partition coefficient (Wildman–Crippen LogP) is 4.28. The first-order valence-corrected chi connectivity index (χ1v) is 8.16. The number of rotatable bonds is 5. The third-order valence-corrected chi connectivity index (χ3v) is 4.81. The summed E-state index contributed by atoms with van der Waals surface area (Å²) in [6.45, 7) is 9.78. The highest BCUT2D eigenvalue weighted by atomic mass is 35.5. The van der Waals surface area contributed by atoms with Gasteiger partial charge in [0.05, 0.1) is 16.6 Å². The smallest absolute Gasteiger partial charge is 0.232 e. The van der Waals surface area contributed by atoms with E-state index in [9.17, 15) is 4.79 Å². The maximum atomic E-state index is 12.1. The van der Waals surface area contributed by atoms with Crippen molar-refractivity contribution in [1.29, 1.82) is 0 Å². The number of amides is 1. The van der Waals surface area contributed by atoms with E-state index in [0.29, 0.717) is 12.3 Å². The second-order valence-electron chi connectivity index (χ2n) is 5.01. The molecule has 1 rings (SSSR count). The molecule has 1 aromatic heterocycles. The van der Waals surface area contributed by atoms with Gasteiger partial charge >= 0.3 is 0 Å². The minimum atomic E-state index is 0.126. The van der Waals surface area contributed by atoms with Gasteiger partial charge in [-0.25, -0.2) is 0 Å². The lowest BCUT2D eigenvalue weighted by atomic mass is 10.3. The Morgan fingerprint density at radius 2 is 2.11 bits per heavy atom. The van der Waals surface area contributed by atoms with Crippen LogP contribution >= 0.6 is 34.7 Å². The molecule has 0 saturated carbocycles. The first-order chi connectivity index (χ1) is 8.31. The molecule has 0 saturated heterocycles. The van der Waals surface area contributed by atoms with Gasteiger partial charge in [0.1, 0.15) is 0 Å². The van der Waals surface area contributed by atoms with E-state index >= 15 is 0 Å². The number of carbonyl (C=O) groups is 1. The van der Waals surface area contributed by atoms with Crippen LogP contribution in [0.5, 0.6) is 0 Å². The van der Waals surface area contributed by atoms with Crippen LogP contribution in [-0.4, -0.2) is 27.9 Å². The lowest BCUT2D eigenvalue weighted by Crippen LogP contribution is -2.32. The number of hydrogen-bond donors (Lipinski definition) is 0. The van der Waals surface area contributed by atoms with Crippen LogP contribution < -0.4 is 0 Å². The van der Waals surface area contributed by atoms with Crippen molar-refractivity contribution in [2.24, 2.45) is 0 Å². The molecule has 102 valence electrons. The largest absolute Gasteiger partial charge is 0.337 e. The van der Waals surface area contributed by atoms with Gasteiger partial charge in [-0.15, -0.1) is 23.1 Å². The quantitative estimate of drug-likeness (QED) is 0.809. The van der Waals surface area contributed by atoms with Crippen molar-refractivity contribution in [3.05, 3.63) is 21.3 Å². The Hall–Kier alpha value is -0.190. The van der Waals surface area contributed by atoms with Crippen molar-refractivity contribution in [1.82, 2.24) is 4.90 Å². The topological polar surface area (TPSA) is 20.3 Å². The summed E-state index contributed by atoms with van der Waals surface area (Å²) in [5, 5.41) is 0. The van der Waals surface area contributed by atoms with Crippen molar-refractivity contribution < 1.29 is 4.79 Å². The first kappa shape index (κ1) is 15.9. The molecule has 0 aliphatic carbocycles. The molecule has 0 N–H and O–H groups in total. The van der Waals surface area contributed by atoms with Crippen LogP contribution in [-0.2, 0) is 11.3 Å². The van der Waals surface area contributed by atoms with E-state index in [1.54, 1.807) is 11.8 Å². The summed E-state index contributed by atoms with van der Waals surface area (Å²) < 4.78 is 0.902. The van der Waals surface area contributed by atoms with Gasteiger partial charge in [-0.3, -0.25) is 4.79 Å². The Kier molecular flexibility index (Phi) is 6.02. The van der Waals surface area contributed by atoms with E-state index in [1.165, 1.54) is 11.3 Å². The average molecular weight is 306 g/mol. The van der Waals surface area contributed by atoms with Gasteiger partial charge in [0.2, 0.25) is 5.91 Å². The molecule has 18 heavy (non-hydrogen) atoms. The minimum absolute atomic E-state index is 0.126. The summed E-state index contributed by atoms with van der Waals surface area (Å²) >= 11 is 9.12. The van der Waals surface area contributed by atoms with Gasteiger partial charge in [0, 0.05) is 16.2 Å². The number of carbonyl (C=O) groups excluding carboxylic acids is 1. The van der Waals surface area contributed by atoms with Crippen LogP contribution in [0.4, 0.5) is 0 Å². The first-order valence-electron chi connectivity index (χ1n) is 5.98. The second kappa shape index (κ2) is 6.83. The Bertz CT molecular complexity index is 398. The number of halogens is 1. The van der Waals surface area contributed by atoms with Gasteiger partial charge in [0.15, 0.2) is 0 Å². The minimum Gasteiger partial charge on any atom is -0.337 e. The van der Waals surface area contributed by atoms with E-state index in [-0.39, 0.29) is 10.7 Å². The summed E-state index contributed by atoms with van der Waals surface area (Å²) in [6.07, 6.45) is 0. The molecular formula is C13H20ClNOS2. The summed E-state index contributed by atoms with van der Waals surface area (Å²) in [6, 6.07) is 3.86. The number of nitrogens with zero attached hydrogens (tertiary/aromatic N) is 1. The van der Waals surface area contributed by atoms with Crippen molar-refractivity contribution >= 4 is 40.6 Å². The lowest BCUT2D eigenvalue weighted by molar-refractivity contribution is -0.128. The molecule has 0 atom stereocenters. The lowest BCUT2D eigenvalue weighted by Gasteiger charge is -2.23. The van der Waals surface area contributed by atoms with Gasteiger partial charge in [-0.1, -0.05) is 32.4 Å². The Morgan fingerprint density at radius 1 is 1.44 bits per heavy atom. The van der Waals surface area contributed by atoms with Crippen LogP contribution in [0.3, 0.4) is 0 Å². The number of thiophene rings is 1. The monoisotopic (exact) mass is 305 g/mol. The van der Waals surface area contributed by atoms with Crippen LogP contribution in [0.2, 0.25) is 4.34 Å². The highest BCUT2D eigenvalue weighted by Gasteiger charge is 2.17. The van der Waals surface area contributed by atoms with E-state index in [0.717, 1.165) is 15.8 Å². The van der Waals surface area contributed by atoms with E-state index in [1.807, 2.05) is 24.0 Å². The van der Waals surface area contributed by atoms with Gasteiger partial charge in [0.25, 0.3) is 0 Å². The summed E-state index contributed by atoms with van der Waals surface area (Å²) in [5.74, 6) is 0.734. The van der Waals surface area contributed by atoms with Crippen LogP contribution in [0.15, 0.2) is 12.1 Å². The van der Waals surface area contributed by atoms with Gasteiger partial charge < -0.3 is 4.90 Å². The molecular weight excluding hydrogens is 286 g/mol. The fourth-order valence-corrected chi connectivity index (χ4v) is 3.21. The zero-order valence-corrected chi connectivity index (χ0v) is 13.7. The zero-order valence-electron chi connectivity index (χ0n) is 11.3. The van der Waals surface area contributed by atoms with Gasteiger partial charge in [-0.05, 0) is 19.1 Å². The fourth-order valence-electron chi connectivity index (χ4n) is 1.37. The zero-order chi connectivity index (χ0) is 13.8. The van der Waals surface area contributed by atoms with E-state index < -0.39 is 0 Å². The molecule has 0 aliphatic rings. The highest BCUT2D eigenvalue weighted by molar-refractivity contribution is 8.01. The fraction of sp³-hybridized carbons (Fsp3) is 0.615. The van der Waals surface area contributed by atoms with E-state index in [4.69, 9.17) is 11.6 Å². The molecule has 0 aliphatic heterocycles. The van der Waals surface area contributed by atoms with Crippen molar-refractivity contribution in [3.8, 4) is 0 Å². The maximum Gasteiger partial charge on any atom is 0.232 e. The average Bonchev–Trinajstić information content (AvgIpc) is 2.67. The molecule has 0 fully saturated rings. The standard InChI is InChI=1S/C13H20ClNOS2/c1-5-15(8-10-6-7-11(14)18-10)12(16)9-17-13(2,3)4/h6-7H,5,8-9H2,1-4H3. The molecule has 1 amide bonds. The van der Waals surface area contributed by atoms with Crippen LogP contribution in [0, 0.1) is 0 Å². The van der Waals surface area contributed by atoms with Crippen LogP contribution in [0.1, 0.15) is 32.6 Å². The SMILES string of the molecule is CCN(Cc1ccc(Cl)s1)C(=O)CSC(C)(C)C. The molecule has 0 bridgehead atoms. The second-order valence-corrected chi connectivity index (χ2v) is 8.62. The van der Waals surface area contributed by atoms with Gasteiger partial charge in [-0.2, -0.15) is 0 Å². The summed E-state index contributed by atoms with van der Waals surface area (Å²) in [7, 11) is 0. The molecule has 0 spiro atoms. The summed E-state index contributed by atoms with van der Waals surface area (Å²) in [5.41, 5.74) is 0. The van der Waals surface area contributed by atoms with Crippen molar-refractivity contribution in [2.45, 2.75) is 39.0 Å². The predicted molar refractivity (Wildman–Crippen MR) is 82.6 cm³/mol. The number of hydrogen-bond acceptors (Lipinski definition) is 3. The molecule has 0 aromatic carbocycles. The Balaban J connectivity index is 2.52. The Morgan fingerprint density at radius 3 is 2.56 bits per heavy atom. The molecule has 1 heterocycles. The van der Waals surface area contributed by atoms with Crippen LogP contribution in [0.25, 0.3) is 0 Å². The van der Waals surface area contributed by atoms with Crippen molar-refractivity contribution in [3.63, 3.8) is 0 Å². The molecule has 2 nitrogen and oxygen atoms in total. The molecule has 0 radical (unpaired) electrons. The maximum absolute atomic E-state index is 12.1. The third kappa shape index (κ3) is 5.63. The molecule has 0 unspecified atom stereocenters. The molecule has 5 heteroatoms. The summed E-state index contributed by atoms with van der Waals surface area (Å²) in [4.78, 5) is 15.1. The van der Waals surface area contributed by atoms with Crippen molar-refractivity contribution in [2.75, 3.05) is 12.3 Å². The normalized spacial score (nSPS) is 11.6. The third-order valence-electron chi connectivity index (χ3n) is 2.34. The highest BCUT2D eigenvalue weighted by Crippen LogP contribution is 2.25. The Labute approximate surface area is 123 Å². The van der Waals surface area contributed by atoms with E-state index in [2.05, 4.69) is 20.8 Å².